The van der Waals surface area contributed by atoms with Gasteiger partial charge in [0.05, 0.1) is 23.9 Å². The molecule has 4 aromatic rings. The number of carbonyl (C=O) groups is 2. The van der Waals surface area contributed by atoms with E-state index in [0.29, 0.717) is 38.3 Å². The van der Waals surface area contributed by atoms with E-state index in [1.54, 1.807) is 54.6 Å². The maximum Gasteiger partial charge on any atom is 0.267 e. The number of amidine groups is 1. The van der Waals surface area contributed by atoms with Gasteiger partial charge in [0.25, 0.3) is 11.8 Å². The molecule has 0 atom stereocenters. The number of carbonyl (C=O) groups excluding carboxylic acids is 2. The molecule has 2 amide bonds. The summed E-state index contributed by atoms with van der Waals surface area (Å²) in [7, 11) is 0. The van der Waals surface area contributed by atoms with Gasteiger partial charge in [0.2, 0.25) is 0 Å². The molecule has 5 rings (SSSR count). The monoisotopic (exact) mass is 604 g/mol. The van der Waals surface area contributed by atoms with Crippen molar-refractivity contribution in [3.8, 4) is 11.5 Å². The molecule has 1 aromatic heterocycles. The lowest BCUT2D eigenvalue weighted by Gasteiger charge is -2.13. The number of amides is 2. The van der Waals surface area contributed by atoms with Crippen LogP contribution in [0.15, 0.2) is 105 Å². The fraction of sp³-hybridized carbons (Fsp3) is 0.0667. The van der Waals surface area contributed by atoms with Crippen molar-refractivity contribution in [3.05, 3.63) is 118 Å². The summed E-state index contributed by atoms with van der Waals surface area (Å²) in [5.74, 6) is -0.322. The maximum atomic E-state index is 13.5. The van der Waals surface area contributed by atoms with Crippen LogP contribution in [0.25, 0.3) is 6.08 Å². The third-order valence-corrected chi connectivity index (χ3v) is 7.04. The van der Waals surface area contributed by atoms with Gasteiger partial charge in [0.1, 0.15) is 23.1 Å². The van der Waals surface area contributed by atoms with E-state index >= 15 is 0 Å². The number of phenolic OH excluding ortho intramolecular Hbond substituents is 1. The number of thioether (sulfide) groups is 1. The Morgan fingerprint density at radius 3 is 2.67 bits per heavy atom. The van der Waals surface area contributed by atoms with E-state index in [1.807, 2.05) is 0 Å². The molecule has 1 saturated heterocycles. The summed E-state index contributed by atoms with van der Waals surface area (Å²) in [6.07, 6.45) is 4.49. The molecule has 2 N–H and O–H groups in total. The molecule has 3 aromatic carbocycles. The van der Waals surface area contributed by atoms with E-state index in [-0.39, 0.29) is 30.0 Å². The first-order valence-corrected chi connectivity index (χ1v) is 13.7. The van der Waals surface area contributed by atoms with Gasteiger partial charge in [0.15, 0.2) is 11.8 Å². The number of benzene rings is 3. The van der Waals surface area contributed by atoms with Gasteiger partial charge in [-0.1, -0.05) is 23.7 Å². The number of furan rings is 1. The quantitative estimate of drug-likeness (QED) is 0.132. The van der Waals surface area contributed by atoms with Crippen LogP contribution in [0.3, 0.4) is 0 Å². The van der Waals surface area contributed by atoms with Crippen molar-refractivity contribution in [1.29, 1.82) is 0 Å². The molecule has 1 aliphatic heterocycles. The number of rotatable bonds is 9. The van der Waals surface area contributed by atoms with Crippen LogP contribution in [0.4, 0.5) is 10.1 Å². The minimum atomic E-state index is -0.456. The summed E-state index contributed by atoms with van der Waals surface area (Å²) in [6.45, 7) is -0.224. The average molecular weight is 605 g/mol. The van der Waals surface area contributed by atoms with Crippen molar-refractivity contribution in [2.45, 2.75) is 6.54 Å². The molecule has 212 valence electrons. The predicted molar refractivity (Wildman–Crippen MR) is 160 cm³/mol. The van der Waals surface area contributed by atoms with Crippen molar-refractivity contribution < 1.29 is 28.2 Å². The Labute approximate surface area is 249 Å². The zero-order chi connectivity index (χ0) is 29.5. The molecule has 2 heterocycles. The van der Waals surface area contributed by atoms with Crippen LogP contribution in [0.2, 0.25) is 5.02 Å². The molecule has 12 heteroatoms. The maximum absolute atomic E-state index is 13.5. The minimum absolute atomic E-state index is 0.0458. The van der Waals surface area contributed by atoms with Gasteiger partial charge in [-0.2, -0.15) is 5.10 Å². The van der Waals surface area contributed by atoms with Crippen molar-refractivity contribution in [1.82, 2.24) is 4.90 Å². The Morgan fingerprint density at radius 1 is 1.10 bits per heavy atom. The number of para-hydroxylation sites is 1. The topological polar surface area (TPSA) is 117 Å². The standard InChI is InChI=1S/C30H22ClFN4O5S/c31-21-7-12-26(41-18-28(38)34-23-10-8-22(32)9-11-23)20(14-21)15-27-29(39)36(17-24-5-3-13-40-24)30(42-27)35-33-16-19-4-1-2-6-25(19)37/h1-16,37H,17-18H2,(H,34,38)/b27-15-,33-16-,35-30+. The number of nitrogens with one attached hydrogen (secondary N) is 1. The second-order valence-corrected chi connectivity index (χ2v) is 10.2. The lowest BCUT2D eigenvalue weighted by molar-refractivity contribution is -0.122. The van der Waals surface area contributed by atoms with Gasteiger partial charge in [-0.25, -0.2) is 4.39 Å². The highest BCUT2D eigenvalue weighted by Crippen LogP contribution is 2.36. The average Bonchev–Trinajstić information content (AvgIpc) is 3.59. The summed E-state index contributed by atoms with van der Waals surface area (Å²) in [6, 6.07) is 20.3. The number of halogens is 2. The molecule has 1 aliphatic rings. The van der Waals surface area contributed by atoms with Crippen LogP contribution < -0.4 is 10.1 Å². The largest absolute Gasteiger partial charge is 0.507 e. The summed E-state index contributed by atoms with van der Waals surface area (Å²) < 4.78 is 24.3. The Bertz CT molecular complexity index is 1690. The van der Waals surface area contributed by atoms with E-state index in [9.17, 15) is 19.1 Å². The van der Waals surface area contributed by atoms with Crippen molar-refractivity contribution >= 4 is 58.3 Å². The van der Waals surface area contributed by atoms with E-state index in [0.717, 1.165) is 11.8 Å². The van der Waals surface area contributed by atoms with Crippen LogP contribution in [0.5, 0.6) is 11.5 Å². The normalized spacial score (nSPS) is 15.2. The van der Waals surface area contributed by atoms with Crippen molar-refractivity contribution in [2.75, 3.05) is 11.9 Å². The van der Waals surface area contributed by atoms with Gasteiger partial charge in [0, 0.05) is 21.8 Å². The van der Waals surface area contributed by atoms with Gasteiger partial charge in [-0.05, 0) is 84.6 Å². The highest BCUT2D eigenvalue weighted by atomic mass is 35.5. The van der Waals surface area contributed by atoms with Crippen LogP contribution in [-0.4, -0.2) is 39.8 Å². The molecule has 0 unspecified atom stereocenters. The predicted octanol–water partition coefficient (Wildman–Crippen LogP) is 6.30. The van der Waals surface area contributed by atoms with Crippen LogP contribution >= 0.6 is 23.4 Å². The summed E-state index contributed by atoms with van der Waals surface area (Å²) in [5, 5.41) is 21.6. The second kappa shape index (κ2) is 13.2. The molecule has 0 radical (unpaired) electrons. The summed E-state index contributed by atoms with van der Waals surface area (Å²) in [5.41, 5.74) is 1.35. The lowest BCUT2D eigenvalue weighted by atomic mass is 10.2. The third-order valence-electron chi connectivity index (χ3n) is 5.80. The van der Waals surface area contributed by atoms with Gasteiger partial charge >= 0.3 is 0 Å². The number of ether oxygens (including phenoxy) is 1. The lowest BCUT2D eigenvalue weighted by Crippen LogP contribution is -2.28. The first-order valence-electron chi connectivity index (χ1n) is 12.5. The first-order chi connectivity index (χ1) is 20.4. The Balaban J connectivity index is 1.37. The Kier molecular flexibility index (Phi) is 9.00. The van der Waals surface area contributed by atoms with E-state index in [1.165, 1.54) is 47.7 Å². The van der Waals surface area contributed by atoms with E-state index < -0.39 is 11.7 Å². The molecule has 42 heavy (non-hydrogen) atoms. The highest BCUT2D eigenvalue weighted by Gasteiger charge is 2.34. The highest BCUT2D eigenvalue weighted by molar-refractivity contribution is 8.18. The van der Waals surface area contributed by atoms with Crippen molar-refractivity contribution in [3.63, 3.8) is 0 Å². The molecule has 0 aliphatic carbocycles. The third kappa shape index (κ3) is 7.25. The van der Waals surface area contributed by atoms with Gasteiger partial charge in [-0.15, -0.1) is 5.10 Å². The van der Waals surface area contributed by atoms with Crippen molar-refractivity contribution in [2.24, 2.45) is 10.2 Å². The number of aromatic hydroxyl groups is 1. The number of phenols is 1. The fourth-order valence-electron chi connectivity index (χ4n) is 3.80. The number of anilines is 1. The van der Waals surface area contributed by atoms with Crippen LogP contribution in [0, 0.1) is 5.82 Å². The zero-order valence-corrected chi connectivity index (χ0v) is 23.3. The Hall–Kier alpha value is -4.87. The molecule has 0 bridgehead atoms. The zero-order valence-electron chi connectivity index (χ0n) is 21.7. The Morgan fingerprint density at radius 2 is 1.90 bits per heavy atom. The number of hydrogen-bond acceptors (Lipinski definition) is 8. The van der Waals surface area contributed by atoms with E-state index in [4.69, 9.17) is 20.8 Å². The molecule has 9 nitrogen and oxygen atoms in total. The second-order valence-electron chi connectivity index (χ2n) is 8.79. The molecular weight excluding hydrogens is 583 g/mol. The number of hydrogen-bond donors (Lipinski definition) is 2. The molecule has 0 spiro atoms. The molecular formula is C30H22ClFN4O5S. The summed E-state index contributed by atoms with van der Waals surface area (Å²) in [4.78, 5) is 27.6. The van der Waals surface area contributed by atoms with Gasteiger partial charge < -0.3 is 19.6 Å². The van der Waals surface area contributed by atoms with Crippen LogP contribution in [0.1, 0.15) is 16.9 Å². The SMILES string of the molecule is O=C(COc1ccc(Cl)cc1/C=C1\S/C(=N/N=C\c2ccccc2O)N(Cc2ccco2)C1=O)Nc1ccc(F)cc1. The summed E-state index contributed by atoms with van der Waals surface area (Å²) >= 11 is 7.33. The van der Waals surface area contributed by atoms with Gasteiger partial charge in [-0.3, -0.25) is 14.5 Å². The van der Waals surface area contributed by atoms with Crippen LogP contribution in [-0.2, 0) is 16.1 Å². The first kappa shape index (κ1) is 28.7. The number of nitrogens with zero attached hydrogens (tertiary/aromatic N) is 3. The molecule has 0 saturated carbocycles. The van der Waals surface area contributed by atoms with E-state index in [2.05, 4.69) is 15.5 Å². The fourth-order valence-corrected chi connectivity index (χ4v) is 4.90. The molecule has 1 fully saturated rings. The minimum Gasteiger partial charge on any atom is -0.507 e. The smallest absolute Gasteiger partial charge is 0.267 e.